The predicted octanol–water partition coefficient (Wildman–Crippen LogP) is 1.92. The summed E-state index contributed by atoms with van der Waals surface area (Å²) in [4.78, 5) is 35.7. The van der Waals surface area contributed by atoms with Crippen LogP contribution in [0.2, 0.25) is 0 Å². The first-order valence-electron chi connectivity index (χ1n) is 6.83. The number of carbonyl (C=O) groups excluding carboxylic acids is 2. The van der Waals surface area contributed by atoms with Crippen LogP contribution in [0.25, 0.3) is 0 Å². The van der Waals surface area contributed by atoms with Crippen molar-refractivity contribution < 1.29 is 19.5 Å². The van der Waals surface area contributed by atoms with Gasteiger partial charge in [-0.05, 0) is 17.7 Å². The van der Waals surface area contributed by atoms with Crippen LogP contribution in [0.1, 0.15) is 36.6 Å². The van der Waals surface area contributed by atoms with Gasteiger partial charge in [-0.2, -0.15) is 0 Å². The molecule has 1 aliphatic carbocycles. The minimum absolute atomic E-state index is 0.0544. The van der Waals surface area contributed by atoms with Crippen LogP contribution in [0, 0.1) is 0 Å². The SMILES string of the molecule is O=C(O)c1ccccc1C(=O)NC1Cc2ccccc2C1=O. The van der Waals surface area contributed by atoms with Crippen molar-refractivity contribution in [3.05, 3.63) is 70.8 Å². The summed E-state index contributed by atoms with van der Waals surface area (Å²) >= 11 is 0. The van der Waals surface area contributed by atoms with Gasteiger partial charge in [0.25, 0.3) is 5.91 Å². The van der Waals surface area contributed by atoms with Crippen molar-refractivity contribution in [1.82, 2.24) is 5.32 Å². The van der Waals surface area contributed by atoms with Crippen molar-refractivity contribution in [3.8, 4) is 0 Å². The Hall–Kier alpha value is -2.95. The van der Waals surface area contributed by atoms with Gasteiger partial charge in [-0.3, -0.25) is 9.59 Å². The molecule has 2 N–H and O–H groups in total. The van der Waals surface area contributed by atoms with Gasteiger partial charge in [-0.1, -0.05) is 36.4 Å². The number of Topliss-reactive ketones (excluding diaryl/α,β-unsaturated/α-hetero) is 1. The van der Waals surface area contributed by atoms with Crippen LogP contribution < -0.4 is 5.32 Å². The monoisotopic (exact) mass is 295 g/mol. The minimum atomic E-state index is -1.17. The molecule has 1 atom stereocenters. The molecule has 0 fully saturated rings. The highest BCUT2D eigenvalue weighted by Crippen LogP contribution is 2.22. The van der Waals surface area contributed by atoms with Crippen molar-refractivity contribution in [2.24, 2.45) is 0 Å². The van der Waals surface area contributed by atoms with E-state index in [2.05, 4.69) is 5.32 Å². The molecule has 3 rings (SSSR count). The molecule has 2 aromatic carbocycles. The number of amides is 1. The maximum absolute atomic E-state index is 12.3. The fourth-order valence-corrected chi connectivity index (χ4v) is 2.66. The van der Waals surface area contributed by atoms with Gasteiger partial charge in [-0.15, -0.1) is 0 Å². The molecule has 22 heavy (non-hydrogen) atoms. The van der Waals surface area contributed by atoms with Crippen LogP contribution in [0.4, 0.5) is 0 Å². The third kappa shape index (κ3) is 2.37. The van der Waals surface area contributed by atoms with E-state index in [0.29, 0.717) is 12.0 Å². The molecule has 5 nitrogen and oxygen atoms in total. The van der Waals surface area contributed by atoms with E-state index in [-0.39, 0.29) is 16.9 Å². The van der Waals surface area contributed by atoms with Crippen molar-refractivity contribution in [1.29, 1.82) is 0 Å². The molecule has 0 spiro atoms. The average Bonchev–Trinajstić information content (AvgIpc) is 2.84. The van der Waals surface area contributed by atoms with Crippen molar-refractivity contribution >= 4 is 17.7 Å². The van der Waals surface area contributed by atoms with Crippen LogP contribution in [0.3, 0.4) is 0 Å². The third-order valence-corrected chi connectivity index (χ3v) is 3.73. The maximum atomic E-state index is 12.3. The van der Waals surface area contributed by atoms with E-state index in [0.717, 1.165) is 5.56 Å². The van der Waals surface area contributed by atoms with Gasteiger partial charge >= 0.3 is 5.97 Å². The fraction of sp³-hybridized carbons (Fsp3) is 0.118. The number of carboxylic acids is 1. The van der Waals surface area contributed by atoms with E-state index in [1.165, 1.54) is 12.1 Å². The molecule has 0 saturated carbocycles. The number of ketones is 1. The third-order valence-electron chi connectivity index (χ3n) is 3.73. The number of nitrogens with one attached hydrogen (secondary N) is 1. The van der Waals surface area contributed by atoms with E-state index in [9.17, 15) is 14.4 Å². The number of carboxylic acid groups (broad SMARTS) is 1. The summed E-state index contributed by atoms with van der Waals surface area (Å²) in [5, 5.41) is 11.8. The Morgan fingerprint density at radius 1 is 1.00 bits per heavy atom. The normalized spacial score (nSPS) is 16.2. The minimum Gasteiger partial charge on any atom is -0.478 e. The number of fused-ring (bicyclic) bond motifs is 1. The molecule has 1 amide bonds. The summed E-state index contributed by atoms with van der Waals surface area (Å²) in [6.45, 7) is 0. The molecule has 5 heteroatoms. The van der Waals surface area contributed by atoms with E-state index in [1.807, 2.05) is 12.1 Å². The molecule has 1 aliphatic rings. The molecular weight excluding hydrogens is 282 g/mol. The summed E-state index contributed by atoms with van der Waals surface area (Å²) < 4.78 is 0. The Bertz CT molecular complexity index is 782. The van der Waals surface area contributed by atoms with E-state index in [1.54, 1.807) is 24.3 Å². The molecule has 110 valence electrons. The van der Waals surface area contributed by atoms with Crippen molar-refractivity contribution in [2.75, 3.05) is 0 Å². The quantitative estimate of drug-likeness (QED) is 0.906. The average molecular weight is 295 g/mol. The lowest BCUT2D eigenvalue weighted by molar-refractivity contribution is 0.0690. The molecule has 1 unspecified atom stereocenters. The van der Waals surface area contributed by atoms with Gasteiger partial charge in [-0.25, -0.2) is 4.79 Å². The topological polar surface area (TPSA) is 83.5 Å². The van der Waals surface area contributed by atoms with Gasteiger partial charge < -0.3 is 10.4 Å². The van der Waals surface area contributed by atoms with E-state index >= 15 is 0 Å². The Morgan fingerprint density at radius 3 is 2.32 bits per heavy atom. The number of carbonyl (C=O) groups is 3. The summed E-state index contributed by atoms with van der Waals surface area (Å²) in [5.41, 5.74) is 1.48. The second-order valence-electron chi connectivity index (χ2n) is 5.10. The summed E-state index contributed by atoms with van der Waals surface area (Å²) in [6, 6.07) is 12.5. The Labute approximate surface area is 126 Å². The molecular formula is C17H13NO4. The molecule has 2 aromatic rings. The second-order valence-corrected chi connectivity index (χ2v) is 5.10. The highest BCUT2D eigenvalue weighted by atomic mass is 16.4. The first kappa shape index (κ1) is 14.0. The van der Waals surface area contributed by atoms with Crippen molar-refractivity contribution in [3.63, 3.8) is 0 Å². The number of aromatic carboxylic acids is 1. The Balaban J connectivity index is 1.82. The van der Waals surface area contributed by atoms with Crippen LogP contribution in [-0.4, -0.2) is 28.8 Å². The van der Waals surface area contributed by atoms with Crippen LogP contribution in [-0.2, 0) is 6.42 Å². The zero-order valence-corrected chi connectivity index (χ0v) is 11.6. The van der Waals surface area contributed by atoms with Gasteiger partial charge in [0.05, 0.1) is 17.2 Å². The molecule has 0 aromatic heterocycles. The smallest absolute Gasteiger partial charge is 0.336 e. The summed E-state index contributed by atoms with van der Waals surface area (Å²) in [5.74, 6) is -1.87. The molecule has 0 radical (unpaired) electrons. The standard InChI is InChI=1S/C17H13NO4/c19-15-11-6-2-1-5-10(11)9-14(15)18-16(20)12-7-3-4-8-13(12)17(21)22/h1-8,14H,9H2,(H,18,20)(H,21,22). The second kappa shape index (κ2) is 5.44. The fourth-order valence-electron chi connectivity index (χ4n) is 2.66. The zero-order valence-electron chi connectivity index (χ0n) is 11.6. The summed E-state index contributed by atoms with van der Waals surface area (Å²) in [6.07, 6.45) is 0.427. The number of rotatable bonds is 3. The number of hydrogen-bond donors (Lipinski definition) is 2. The Kier molecular flexibility index (Phi) is 3.47. The van der Waals surface area contributed by atoms with Crippen LogP contribution >= 0.6 is 0 Å². The molecule has 0 saturated heterocycles. The van der Waals surface area contributed by atoms with Gasteiger partial charge in [0.15, 0.2) is 5.78 Å². The van der Waals surface area contributed by atoms with Gasteiger partial charge in [0.1, 0.15) is 0 Å². The molecule has 0 aliphatic heterocycles. The van der Waals surface area contributed by atoms with E-state index < -0.39 is 17.9 Å². The predicted molar refractivity (Wildman–Crippen MR) is 79.1 cm³/mol. The van der Waals surface area contributed by atoms with Crippen molar-refractivity contribution in [2.45, 2.75) is 12.5 Å². The first-order valence-corrected chi connectivity index (χ1v) is 6.83. The highest BCUT2D eigenvalue weighted by molar-refractivity contribution is 6.09. The summed E-state index contributed by atoms with van der Waals surface area (Å²) in [7, 11) is 0. The van der Waals surface area contributed by atoms with Crippen LogP contribution in [0.15, 0.2) is 48.5 Å². The lowest BCUT2D eigenvalue weighted by atomic mass is 10.1. The van der Waals surface area contributed by atoms with Gasteiger partial charge in [0, 0.05) is 12.0 Å². The van der Waals surface area contributed by atoms with Crippen LogP contribution in [0.5, 0.6) is 0 Å². The number of hydrogen-bond acceptors (Lipinski definition) is 3. The zero-order chi connectivity index (χ0) is 15.7. The first-order chi connectivity index (χ1) is 10.6. The van der Waals surface area contributed by atoms with E-state index in [4.69, 9.17) is 5.11 Å². The lowest BCUT2D eigenvalue weighted by Crippen LogP contribution is -2.39. The molecule has 0 bridgehead atoms. The lowest BCUT2D eigenvalue weighted by Gasteiger charge is -2.12. The largest absolute Gasteiger partial charge is 0.478 e. The van der Waals surface area contributed by atoms with Gasteiger partial charge in [0.2, 0.25) is 0 Å². The molecule has 0 heterocycles. The maximum Gasteiger partial charge on any atom is 0.336 e. The highest BCUT2D eigenvalue weighted by Gasteiger charge is 2.32. The Morgan fingerprint density at radius 2 is 1.64 bits per heavy atom. The number of benzene rings is 2.